The lowest BCUT2D eigenvalue weighted by Gasteiger charge is -2.18. The molecular formula is C30H27N5O2. The predicted octanol–water partition coefficient (Wildman–Crippen LogP) is 5.20. The standard InChI is InChI=1S/C30H27N5O2/c1-34-20-19-31-30(34)29(23-13-16-26(37-2)17-14-23)32-27(36)18-15-24-21-35(25-11-7-4-8-12-25)33-28(24)22-9-5-3-6-10-22/h3-21,29H,1-2H3,(H,32,36)/b18-15+. The van der Waals surface area contributed by atoms with Gasteiger partial charge < -0.3 is 14.6 Å². The van der Waals surface area contributed by atoms with E-state index in [-0.39, 0.29) is 5.91 Å². The first-order valence-electron chi connectivity index (χ1n) is 11.9. The number of carbonyl (C=O) groups is 1. The van der Waals surface area contributed by atoms with Crippen molar-refractivity contribution in [2.75, 3.05) is 7.11 Å². The average Bonchev–Trinajstić information content (AvgIpc) is 3.58. The van der Waals surface area contributed by atoms with E-state index in [0.29, 0.717) is 0 Å². The molecule has 184 valence electrons. The maximum Gasteiger partial charge on any atom is 0.244 e. The van der Waals surface area contributed by atoms with Crippen LogP contribution in [0, 0.1) is 0 Å². The highest BCUT2D eigenvalue weighted by molar-refractivity contribution is 5.93. The highest BCUT2D eigenvalue weighted by Crippen LogP contribution is 2.26. The Hall–Kier alpha value is -4.91. The van der Waals surface area contributed by atoms with Gasteiger partial charge in [-0.2, -0.15) is 5.10 Å². The molecule has 1 amide bonds. The number of imidazole rings is 1. The van der Waals surface area contributed by atoms with E-state index in [2.05, 4.69) is 10.3 Å². The van der Waals surface area contributed by atoms with Crippen LogP contribution in [0.2, 0.25) is 0 Å². The van der Waals surface area contributed by atoms with E-state index >= 15 is 0 Å². The number of amides is 1. The number of ether oxygens (including phenoxy) is 1. The Morgan fingerprint density at radius 1 is 0.973 bits per heavy atom. The number of nitrogens with zero attached hydrogens (tertiary/aromatic N) is 4. The minimum atomic E-state index is -0.427. The summed E-state index contributed by atoms with van der Waals surface area (Å²) in [6.45, 7) is 0. The number of para-hydroxylation sites is 1. The van der Waals surface area contributed by atoms with Gasteiger partial charge >= 0.3 is 0 Å². The molecule has 7 nitrogen and oxygen atoms in total. The number of carbonyl (C=O) groups excluding carboxylic acids is 1. The second-order valence-electron chi connectivity index (χ2n) is 8.52. The van der Waals surface area contributed by atoms with Crippen molar-refractivity contribution in [3.05, 3.63) is 127 Å². The molecule has 1 atom stereocenters. The fourth-order valence-electron chi connectivity index (χ4n) is 4.15. The van der Waals surface area contributed by atoms with Crippen molar-refractivity contribution in [3.63, 3.8) is 0 Å². The van der Waals surface area contributed by atoms with Crippen LogP contribution in [0.4, 0.5) is 0 Å². The second kappa shape index (κ2) is 10.8. The van der Waals surface area contributed by atoms with Gasteiger partial charge in [-0.15, -0.1) is 0 Å². The van der Waals surface area contributed by atoms with Crippen molar-refractivity contribution in [2.24, 2.45) is 7.05 Å². The van der Waals surface area contributed by atoms with Gasteiger partial charge in [0.1, 0.15) is 17.6 Å². The van der Waals surface area contributed by atoms with Crippen molar-refractivity contribution >= 4 is 12.0 Å². The van der Waals surface area contributed by atoms with Crippen LogP contribution < -0.4 is 10.1 Å². The zero-order valence-corrected chi connectivity index (χ0v) is 20.7. The van der Waals surface area contributed by atoms with Gasteiger partial charge in [0.15, 0.2) is 0 Å². The summed E-state index contributed by atoms with van der Waals surface area (Å²) in [7, 11) is 3.53. The third-order valence-corrected chi connectivity index (χ3v) is 6.08. The SMILES string of the molecule is COc1ccc(C(NC(=O)/C=C/c2cn(-c3ccccc3)nc2-c2ccccc2)c2nccn2C)cc1. The third-order valence-electron chi connectivity index (χ3n) is 6.08. The summed E-state index contributed by atoms with van der Waals surface area (Å²) in [6.07, 6.45) is 8.85. The molecule has 0 saturated carbocycles. The van der Waals surface area contributed by atoms with Crippen molar-refractivity contribution in [2.45, 2.75) is 6.04 Å². The zero-order chi connectivity index (χ0) is 25.6. The molecule has 0 saturated heterocycles. The Bertz CT molecular complexity index is 1500. The number of rotatable bonds is 8. The molecule has 1 unspecified atom stereocenters. The quantitative estimate of drug-likeness (QED) is 0.304. The number of benzene rings is 3. The van der Waals surface area contributed by atoms with Gasteiger partial charge in [-0.1, -0.05) is 60.7 Å². The first-order chi connectivity index (χ1) is 18.1. The molecule has 2 aromatic heterocycles. The summed E-state index contributed by atoms with van der Waals surface area (Å²) < 4.78 is 9.01. The van der Waals surface area contributed by atoms with E-state index in [9.17, 15) is 4.79 Å². The van der Waals surface area contributed by atoms with Gasteiger partial charge in [-0.3, -0.25) is 4.79 Å². The first-order valence-corrected chi connectivity index (χ1v) is 11.9. The molecule has 5 rings (SSSR count). The Morgan fingerprint density at radius 2 is 1.68 bits per heavy atom. The van der Waals surface area contributed by atoms with Crippen molar-refractivity contribution in [3.8, 4) is 22.7 Å². The maximum absolute atomic E-state index is 13.2. The fraction of sp³-hybridized carbons (Fsp3) is 0.100. The van der Waals surface area contributed by atoms with E-state index in [4.69, 9.17) is 9.84 Å². The minimum absolute atomic E-state index is 0.240. The molecule has 5 aromatic rings. The lowest BCUT2D eigenvalue weighted by molar-refractivity contribution is -0.117. The monoisotopic (exact) mass is 489 g/mol. The van der Waals surface area contributed by atoms with Gasteiger partial charge in [0.05, 0.1) is 18.5 Å². The molecule has 0 bridgehead atoms. The normalized spacial score (nSPS) is 11.9. The molecule has 0 fully saturated rings. The van der Waals surface area contributed by atoms with Crippen LogP contribution in [-0.4, -0.2) is 32.3 Å². The molecule has 0 aliphatic rings. The van der Waals surface area contributed by atoms with Crippen LogP contribution in [0.25, 0.3) is 23.0 Å². The van der Waals surface area contributed by atoms with Gasteiger partial charge in [0.25, 0.3) is 0 Å². The zero-order valence-electron chi connectivity index (χ0n) is 20.7. The van der Waals surface area contributed by atoms with Crippen molar-refractivity contribution in [1.82, 2.24) is 24.6 Å². The Kier molecular flexibility index (Phi) is 6.94. The largest absolute Gasteiger partial charge is 0.497 e. The Labute approximate surface area is 215 Å². The van der Waals surface area contributed by atoms with E-state index in [1.54, 1.807) is 19.4 Å². The van der Waals surface area contributed by atoms with Crippen molar-refractivity contribution in [1.29, 1.82) is 0 Å². The summed E-state index contributed by atoms with van der Waals surface area (Å²) in [5.74, 6) is 1.24. The Balaban J connectivity index is 1.44. The van der Waals surface area contributed by atoms with E-state index < -0.39 is 6.04 Å². The van der Waals surface area contributed by atoms with Gasteiger partial charge in [0.2, 0.25) is 5.91 Å². The summed E-state index contributed by atoms with van der Waals surface area (Å²) in [6, 6.07) is 27.0. The average molecular weight is 490 g/mol. The Morgan fingerprint density at radius 3 is 2.32 bits per heavy atom. The van der Waals surface area contributed by atoms with Crippen LogP contribution in [0.15, 0.2) is 110 Å². The summed E-state index contributed by atoms with van der Waals surface area (Å²) >= 11 is 0. The molecule has 37 heavy (non-hydrogen) atoms. The molecule has 0 spiro atoms. The lowest BCUT2D eigenvalue weighted by atomic mass is 10.1. The number of aryl methyl sites for hydroxylation is 1. The van der Waals surface area contributed by atoms with Crippen LogP contribution in [0.1, 0.15) is 23.0 Å². The fourth-order valence-corrected chi connectivity index (χ4v) is 4.15. The second-order valence-corrected chi connectivity index (χ2v) is 8.52. The van der Waals surface area contributed by atoms with Gasteiger partial charge in [-0.05, 0) is 35.9 Å². The summed E-state index contributed by atoms with van der Waals surface area (Å²) in [5.41, 5.74) is 4.45. The molecule has 0 aliphatic heterocycles. The maximum atomic E-state index is 13.2. The highest BCUT2D eigenvalue weighted by Gasteiger charge is 2.20. The smallest absolute Gasteiger partial charge is 0.244 e. The molecule has 1 N–H and O–H groups in total. The number of nitrogens with one attached hydrogen (secondary N) is 1. The van der Waals surface area contributed by atoms with Crippen molar-refractivity contribution < 1.29 is 9.53 Å². The molecule has 0 aliphatic carbocycles. The summed E-state index contributed by atoms with van der Waals surface area (Å²) in [4.78, 5) is 17.6. The van der Waals surface area contributed by atoms with E-state index in [1.165, 1.54) is 6.08 Å². The number of aromatic nitrogens is 4. The number of methoxy groups -OCH3 is 1. The third kappa shape index (κ3) is 5.36. The van der Waals surface area contributed by atoms with Crippen LogP contribution in [-0.2, 0) is 11.8 Å². The molecule has 7 heteroatoms. The van der Waals surface area contributed by atoms with Gasteiger partial charge in [0, 0.05) is 42.8 Å². The van der Waals surface area contributed by atoms with Gasteiger partial charge in [-0.25, -0.2) is 9.67 Å². The number of hydrogen-bond acceptors (Lipinski definition) is 4. The lowest BCUT2D eigenvalue weighted by Crippen LogP contribution is -2.29. The van der Waals surface area contributed by atoms with E-state index in [1.807, 2.05) is 114 Å². The predicted molar refractivity (Wildman–Crippen MR) is 144 cm³/mol. The molecule has 2 heterocycles. The topological polar surface area (TPSA) is 74.0 Å². The van der Waals surface area contributed by atoms with Crippen LogP contribution in [0.5, 0.6) is 5.75 Å². The molecular weight excluding hydrogens is 462 g/mol. The van der Waals surface area contributed by atoms with Crippen LogP contribution >= 0.6 is 0 Å². The number of hydrogen-bond donors (Lipinski definition) is 1. The minimum Gasteiger partial charge on any atom is -0.497 e. The molecule has 3 aromatic carbocycles. The van der Waals surface area contributed by atoms with Crippen LogP contribution in [0.3, 0.4) is 0 Å². The molecule has 0 radical (unpaired) electrons. The van der Waals surface area contributed by atoms with E-state index in [0.717, 1.165) is 39.6 Å². The highest BCUT2D eigenvalue weighted by atomic mass is 16.5. The first kappa shape index (κ1) is 23.8. The summed E-state index contributed by atoms with van der Waals surface area (Å²) in [5, 5.41) is 7.92.